The van der Waals surface area contributed by atoms with E-state index in [2.05, 4.69) is 17.2 Å². The first-order chi connectivity index (χ1) is 12.3. The van der Waals surface area contributed by atoms with Gasteiger partial charge in [-0.05, 0) is 35.9 Å². The van der Waals surface area contributed by atoms with Crippen LogP contribution in [0.25, 0.3) is 23.2 Å². The molecule has 25 heavy (non-hydrogen) atoms. The quantitative estimate of drug-likeness (QED) is 0.534. The number of aromatic nitrogens is 2. The Bertz CT molecular complexity index is 1040. The lowest BCUT2D eigenvalue weighted by molar-refractivity contribution is 0.483. The highest BCUT2D eigenvalue weighted by Crippen LogP contribution is 2.27. The molecule has 122 valence electrons. The van der Waals surface area contributed by atoms with E-state index in [9.17, 15) is 0 Å². The number of fused-ring (bicyclic) bond motifs is 1. The molecule has 4 aromatic rings. The van der Waals surface area contributed by atoms with Gasteiger partial charge in [-0.25, -0.2) is 4.68 Å². The zero-order chi connectivity index (χ0) is 17.1. The molecule has 0 unspecified atom stereocenters. The van der Waals surface area contributed by atoms with Gasteiger partial charge in [-0.1, -0.05) is 36.4 Å². The van der Waals surface area contributed by atoms with Gasteiger partial charge in [0, 0.05) is 29.4 Å². The number of nitrogen functional groups attached to an aromatic ring is 1. The van der Waals surface area contributed by atoms with E-state index in [0.717, 1.165) is 22.2 Å². The number of hydrogen-bond acceptors (Lipinski definition) is 3. The second-order valence-corrected chi connectivity index (χ2v) is 5.71. The van der Waals surface area contributed by atoms with Crippen LogP contribution in [0.3, 0.4) is 0 Å². The molecule has 0 aliphatic carbocycles. The molecule has 4 heteroatoms. The Labute approximate surface area is 145 Å². The highest BCUT2D eigenvalue weighted by molar-refractivity contribution is 5.83. The van der Waals surface area contributed by atoms with Crippen LogP contribution in [-0.4, -0.2) is 9.78 Å². The van der Waals surface area contributed by atoms with Crippen molar-refractivity contribution in [2.75, 3.05) is 5.73 Å². The Hall–Kier alpha value is -3.53. The molecule has 0 aliphatic heterocycles. The van der Waals surface area contributed by atoms with Crippen LogP contribution in [-0.2, 0) is 0 Å². The molecule has 0 amide bonds. The van der Waals surface area contributed by atoms with Gasteiger partial charge in [0.25, 0.3) is 0 Å². The third-order valence-electron chi connectivity index (χ3n) is 3.87. The predicted molar refractivity (Wildman–Crippen MR) is 102 cm³/mol. The highest BCUT2D eigenvalue weighted by Gasteiger charge is 2.04. The average molecular weight is 327 g/mol. The average Bonchev–Trinajstić information content (AvgIpc) is 3.03. The largest absolute Gasteiger partial charge is 0.457 e. The molecule has 1 aromatic heterocycles. The molecule has 0 saturated carbocycles. The summed E-state index contributed by atoms with van der Waals surface area (Å²) >= 11 is 0. The third kappa shape index (κ3) is 3.38. The molecular formula is C21H17N3O. The summed E-state index contributed by atoms with van der Waals surface area (Å²) in [4.78, 5) is 0. The van der Waals surface area contributed by atoms with Crippen molar-refractivity contribution in [3.8, 4) is 11.5 Å². The summed E-state index contributed by atoms with van der Waals surface area (Å²) in [7, 11) is 0. The van der Waals surface area contributed by atoms with Gasteiger partial charge in [0.15, 0.2) is 0 Å². The minimum Gasteiger partial charge on any atom is -0.457 e. The van der Waals surface area contributed by atoms with Crippen molar-refractivity contribution in [3.63, 3.8) is 0 Å². The zero-order valence-corrected chi connectivity index (χ0v) is 13.5. The lowest BCUT2D eigenvalue weighted by Gasteiger charge is -2.07. The van der Waals surface area contributed by atoms with E-state index in [-0.39, 0.29) is 0 Å². The molecule has 4 nitrogen and oxygen atoms in total. The summed E-state index contributed by atoms with van der Waals surface area (Å²) in [5.74, 6) is 1.46. The van der Waals surface area contributed by atoms with Crippen molar-refractivity contribution in [1.82, 2.24) is 9.78 Å². The van der Waals surface area contributed by atoms with Gasteiger partial charge in [-0.3, -0.25) is 0 Å². The van der Waals surface area contributed by atoms with Gasteiger partial charge in [-0.2, -0.15) is 5.10 Å². The van der Waals surface area contributed by atoms with Crippen molar-refractivity contribution in [3.05, 3.63) is 84.6 Å². The van der Waals surface area contributed by atoms with Gasteiger partial charge in [0.1, 0.15) is 11.5 Å². The number of nitrogens with zero attached hydrogens (tertiary/aromatic N) is 2. The minimum absolute atomic E-state index is 0.675. The Balaban J connectivity index is 1.64. The molecule has 0 bridgehead atoms. The summed E-state index contributed by atoms with van der Waals surface area (Å²) in [5, 5.41) is 5.48. The van der Waals surface area contributed by atoms with Gasteiger partial charge in [0.05, 0.1) is 11.7 Å². The standard InChI is InChI=1S/C21H17N3O/c22-18-7-4-8-19(13-18)25-20-10-9-17-15-23-24(21(17)14-20)12-11-16-5-2-1-3-6-16/h1-15H,22H2. The maximum atomic E-state index is 5.91. The van der Waals surface area contributed by atoms with Crippen LogP contribution in [0.4, 0.5) is 5.69 Å². The number of hydrogen-bond donors (Lipinski definition) is 1. The second-order valence-electron chi connectivity index (χ2n) is 5.71. The molecule has 0 spiro atoms. The molecule has 0 aliphatic rings. The van der Waals surface area contributed by atoms with Gasteiger partial charge in [-0.15, -0.1) is 0 Å². The zero-order valence-electron chi connectivity index (χ0n) is 13.5. The van der Waals surface area contributed by atoms with Crippen molar-refractivity contribution in [2.24, 2.45) is 0 Å². The monoisotopic (exact) mass is 327 g/mol. The van der Waals surface area contributed by atoms with Crippen LogP contribution in [0, 0.1) is 0 Å². The normalized spacial score (nSPS) is 11.2. The fourth-order valence-corrected chi connectivity index (χ4v) is 2.63. The number of anilines is 1. The van der Waals surface area contributed by atoms with Crippen molar-refractivity contribution >= 4 is 28.9 Å². The number of nitrogens with two attached hydrogens (primary N) is 1. The Morgan fingerprint density at radius 3 is 2.56 bits per heavy atom. The van der Waals surface area contributed by atoms with Crippen LogP contribution in [0.1, 0.15) is 5.56 Å². The minimum atomic E-state index is 0.675. The van der Waals surface area contributed by atoms with Crippen LogP contribution >= 0.6 is 0 Å². The van der Waals surface area contributed by atoms with Crippen LogP contribution < -0.4 is 10.5 Å². The summed E-state index contributed by atoms with van der Waals surface area (Å²) in [6, 6.07) is 23.4. The van der Waals surface area contributed by atoms with E-state index < -0.39 is 0 Å². The van der Waals surface area contributed by atoms with E-state index >= 15 is 0 Å². The molecule has 0 atom stereocenters. The van der Waals surface area contributed by atoms with Gasteiger partial charge < -0.3 is 10.5 Å². The van der Waals surface area contributed by atoms with E-state index in [0.29, 0.717) is 11.4 Å². The van der Waals surface area contributed by atoms with Crippen LogP contribution in [0.5, 0.6) is 11.5 Å². The molecule has 4 rings (SSSR count). The van der Waals surface area contributed by atoms with E-state index in [4.69, 9.17) is 10.5 Å². The predicted octanol–water partition coefficient (Wildman–Crippen LogP) is 5.04. The molecule has 0 fully saturated rings. The van der Waals surface area contributed by atoms with Crippen LogP contribution in [0.15, 0.2) is 79.0 Å². The molecular weight excluding hydrogens is 310 g/mol. The maximum absolute atomic E-state index is 5.91. The molecule has 0 radical (unpaired) electrons. The van der Waals surface area contributed by atoms with Crippen molar-refractivity contribution in [2.45, 2.75) is 0 Å². The van der Waals surface area contributed by atoms with E-state index in [1.165, 1.54) is 0 Å². The van der Waals surface area contributed by atoms with Crippen molar-refractivity contribution < 1.29 is 4.74 Å². The topological polar surface area (TPSA) is 53.1 Å². The third-order valence-corrected chi connectivity index (χ3v) is 3.87. The second kappa shape index (κ2) is 6.53. The Kier molecular flexibility index (Phi) is 3.92. The first kappa shape index (κ1) is 15.0. The lowest BCUT2D eigenvalue weighted by Crippen LogP contribution is -1.90. The first-order valence-corrected chi connectivity index (χ1v) is 8.02. The summed E-state index contributed by atoms with van der Waals surface area (Å²) in [6.45, 7) is 0. The summed E-state index contributed by atoms with van der Waals surface area (Å²) < 4.78 is 7.75. The Morgan fingerprint density at radius 2 is 1.72 bits per heavy atom. The Morgan fingerprint density at radius 1 is 0.880 bits per heavy atom. The first-order valence-electron chi connectivity index (χ1n) is 8.02. The fraction of sp³-hybridized carbons (Fsp3) is 0. The SMILES string of the molecule is Nc1cccc(Oc2ccc3cnn(C=Cc4ccccc4)c3c2)c1. The van der Waals surface area contributed by atoms with E-state index in [1.54, 1.807) is 6.07 Å². The smallest absolute Gasteiger partial charge is 0.129 e. The van der Waals surface area contributed by atoms with Crippen LogP contribution in [0.2, 0.25) is 0 Å². The summed E-state index contributed by atoms with van der Waals surface area (Å²) in [6.07, 6.45) is 5.81. The number of ether oxygens (including phenoxy) is 1. The molecule has 3 aromatic carbocycles. The highest BCUT2D eigenvalue weighted by atomic mass is 16.5. The molecule has 1 heterocycles. The lowest BCUT2D eigenvalue weighted by atomic mass is 10.2. The molecule has 0 saturated heterocycles. The fourth-order valence-electron chi connectivity index (χ4n) is 2.63. The van der Waals surface area contributed by atoms with Gasteiger partial charge in [0.2, 0.25) is 0 Å². The van der Waals surface area contributed by atoms with Gasteiger partial charge >= 0.3 is 0 Å². The summed E-state index contributed by atoms with van der Waals surface area (Å²) in [5.41, 5.74) is 8.58. The van der Waals surface area contributed by atoms with E-state index in [1.807, 2.05) is 77.8 Å². The maximum Gasteiger partial charge on any atom is 0.129 e. The number of benzene rings is 3. The van der Waals surface area contributed by atoms with Crippen molar-refractivity contribution in [1.29, 1.82) is 0 Å². The molecule has 2 N–H and O–H groups in total. The number of rotatable bonds is 4.